The van der Waals surface area contributed by atoms with Crippen LogP contribution in [0.5, 0.6) is 0 Å². The summed E-state index contributed by atoms with van der Waals surface area (Å²) in [5, 5.41) is 6.76. The van der Waals surface area contributed by atoms with Gasteiger partial charge in [-0.05, 0) is 37.3 Å². The molecule has 1 fully saturated rings. The number of benzene rings is 1. The molecule has 0 saturated heterocycles. The highest BCUT2D eigenvalue weighted by Gasteiger charge is 2.20. The van der Waals surface area contributed by atoms with Gasteiger partial charge in [-0.1, -0.05) is 36.6 Å². The Balaban J connectivity index is 0.00000200. The highest BCUT2D eigenvalue weighted by Crippen LogP contribution is 2.31. The zero-order valence-electron chi connectivity index (χ0n) is 12.7. The minimum atomic E-state index is 0. The molecule has 0 spiro atoms. The molecule has 0 atom stereocenters. The van der Waals surface area contributed by atoms with E-state index in [1.807, 2.05) is 7.05 Å². The first-order valence-electron chi connectivity index (χ1n) is 7.19. The number of aryl methyl sites for hydroxylation is 2. The molecule has 1 aromatic carbocycles. The van der Waals surface area contributed by atoms with Crippen LogP contribution in [0, 0.1) is 19.8 Å². The van der Waals surface area contributed by atoms with E-state index >= 15 is 0 Å². The lowest BCUT2D eigenvalue weighted by Crippen LogP contribution is -2.37. The topological polar surface area (TPSA) is 36.4 Å². The lowest BCUT2D eigenvalue weighted by atomic mass is 10.1. The molecule has 112 valence electrons. The van der Waals surface area contributed by atoms with E-state index in [4.69, 9.17) is 0 Å². The maximum atomic E-state index is 4.26. The second kappa shape index (κ2) is 8.49. The molecule has 0 bridgehead atoms. The first kappa shape index (κ1) is 17.3. The number of nitrogens with zero attached hydrogens (tertiary/aromatic N) is 1. The minimum Gasteiger partial charge on any atom is -0.356 e. The van der Waals surface area contributed by atoms with Gasteiger partial charge in [0, 0.05) is 20.1 Å². The Kier molecular flexibility index (Phi) is 7.34. The molecular weight excluding hydrogens is 361 g/mol. The lowest BCUT2D eigenvalue weighted by Gasteiger charge is -2.13. The summed E-state index contributed by atoms with van der Waals surface area (Å²) in [5.41, 5.74) is 3.98. The highest BCUT2D eigenvalue weighted by molar-refractivity contribution is 14.0. The summed E-state index contributed by atoms with van der Waals surface area (Å²) in [7, 11) is 1.83. The monoisotopic (exact) mass is 387 g/mol. The van der Waals surface area contributed by atoms with Crippen LogP contribution >= 0.6 is 24.0 Å². The molecule has 3 nitrogen and oxygen atoms in total. The highest BCUT2D eigenvalue weighted by atomic mass is 127. The third-order valence-electron chi connectivity index (χ3n) is 3.71. The molecule has 1 aromatic rings. The summed E-state index contributed by atoms with van der Waals surface area (Å²) in [4.78, 5) is 4.26. The molecule has 2 N–H and O–H groups in total. The Morgan fingerprint density at radius 2 is 2.00 bits per heavy atom. The summed E-state index contributed by atoms with van der Waals surface area (Å²) >= 11 is 0. The van der Waals surface area contributed by atoms with Crippen molar-refractivity contribution < 1.29 is 0 Å². The number of nitrogens with one attached hydrogen (secondary N) is 2. The first-order valence-corrected chi connectivity index (χ1v) is 7.19. The summed E-state index contributed by atoms with van der Waals surface area (Å²) in [6, 6.07) is 6.57. The Morgan fingerprint density at radius 1 is 1.25 bits per heavy atom. The smallest absolute Gasteiger partial charge is 0.191 e. The first-order chi connectivity index (χ1) is 9.19. The maximum absolute atomic E-state index is 4.26. The van der Waals surface area contributed by atoms with Crippen molar-refractivity contribution in [2.45, 2.75) is 39.7 Å². The van der Waals surface area contributed by atoms with E-state index in [0.29, 0.717) is 0 Å². The minimum absolute atomic E-state index is 0. The standard InChI is InChI=1S/C16H25N3.HI/c1-12-4-7-15(13(2)10-12)11-19-16(17-3)18-9-8-14-5-6-14;/h4,7,10,14H,5-6,8-9,11H2,1-3H3,(H2,17,18,19);1H. The predicted octanol–water partition coefficient (Wildman–Crippen LogP) is 3.39. The second-order valence-electron chi connectivity index (χ2n) is 5.51. The molecular formula is C16H26IN3. The van der Waals surface area contributed by atoms with Crippen molar-refractivity contribution in [3.05, 3.63) is 34.9 Å². The molecule has 0 radical (unpaired) electrons. The zero-order chi connectivity index (χ0) is 13.7. The summed E-state index contributed by atoms with van der Waals surface area (Å²) in [5.74, 6) is 1.87. The van der Waals surface area contributed by atoms with E-state index in [9.17, 15) is 0 Å². The molecule has 4 heteroatoms. The Hall–Kier alpha value is -0.780. The quantitative estimate of drug-likeness (QED) is 0.462. The van der Waals surface area contributed by atoms with Crippen LogP contribution in [0.2, 0.25) is 0 Å². The van der Waals surface area contributed by atoms with E-state index in [0.717, 1.165) is 25.0 Å². The average Bonchev–Trinajstić information content (AvgIpc) is 3.19. The van der Waals surface area contributed by atoms with E-state index in [1.165, 1.54) is 36.0 Å². The molecule has 1 aliphatic rings. The third kappa shape index (κ3) is 5.69. The lowest BCUT2D eigenvalue weighted by molar-refractivity contribution is 0.684. The molecule has 0 heterocycles. The fourth-order valence-electron chi connectivity index (χ4n) is 2.24. The largest absolute Gasteiger partial charge is 0.356 e. The average molecular weight is 387 g/mol. The SMILES string of the molecule is CN=C(NCCC1CC1)NCc1ccc(C)cc1C.I. The van der Waals surface area contributed by atoms with Gasteiger partial charge in [-0.25, -0.2) is 0 Å². The van der Waals surface area contributed by atoms with Gasteiger partial charge < -0.3 is 10.6 Å². The van der Waals surface area contributed by atoms with Crippen molar-refractivity contribution in [2.24, 2.45) is 10.9 Å². The van der Waals surface area contributed by atoms with Crippen molar-refractivity contribution >= 4 is 29.9 Å². The normalized spacial score (nSPS) is 14.7. The van der Waals surface area contributed by atoms with Crippen LogP contribution in [0.3, 0.4) is 0 Å². The fraction of sp³-hybridized carbons (Fsp3) is 0.562. The van der Waals surface area contributed by atoms with Crippen LogP contribution in [0.1, 0.15) is 36.0 Å². The summed E-state index contributed by atoms with van der Waals surface area (Å²) in [6.07, 6.45) is 4.09. The Morgan fingerprint density at radius 3 is 2.60 bits per heavy atom. The molecule has 0 amide bonds. The second-order valence-corrected chi connectivity index (χ2v) is 5.51. The van der Waals surface area contributed by atoms with Crippen LogP contribution < -0.4 is 10.6 Å². The van der Waals surface area contributed by atoms with Crippen molar-refractivity contribution in [1.82, 2.24) is 10.6 Å². The van der Waals surface area contributed by atoms with Gasteiger partial charge in [0.1, 0.15) is 0 Å². The van der Waals surface area contributed by atoms with Gasteiger partial charge in [0.2, 0.25) is 0 Å². The van der Waals surface area contributed by atoms with Crippen LogP contribution in [-0.2, 0) is 6.54 Å². The number of rotatable bonds is 5. The van der Waals surface area contributed by atoms with Gasteiger partial charge >= 0.3 is 0 Å². The van der Waals surface area contributed by atoms with Gasteiger partial charge in [-0.15, -0.1) is 24.0 Å². The van der Waals surface area contributed by atoms with Gasteiger partial charge in [0.15, 0.2) is 5.96 Å². The van der Waals surface area contributed by atoms with E-state index in [2.05, 4.69) is 47.7 Å². The van der Waals surface area contributed by atoms with Gasteiger partial charge in [0.05, 0.1) is 0 Å². The number of guanidine groups is 1. The van der Waals surface area contributed by atoms with E-state index < -0.39 is 0 Å². The number of aliphatic imine (C=N–C) groups is 1. The number of hydrogen-bond acceptors (Lipinski definition) is 1. The van der Waals surface area contributed by atoms with Crippen LogP contribution in [0.15, 0.2) is 23.2 Å². The summed E-state index contributed by atoms with van der Waals surface area (Å²) < 4.78 is 0. The molecule has 2 rings (SSSR count). The summed E-state index contributed by atoms with van der Waals surface area (Å²) in [6.45, 7) is 6.14. The zero-order valence-corrected chi connectivity index (χ0v) is 15.0. The van der Waals surface area contributed by atoms with Crippen molar-refractivity contribution in [3.8, 4) is 0 Å². The molecule has 1 aliphatic carbocycles. The van der Waals surface area contributed by atoms with Crippen molar-refractivity contribution in [1.29, 1.82) is 0 Å². The third-order valence-corrected chi connectivity index (χ3v) is 3.71. The van der Waals surface area contributed by atoms with Crippen LogP contribution in [0.25, 0.3) is 0 Å². The molecule has 1 saturated carbocycles. The molecule has 0 aromatic heterocycles. The van der Waals surface area contributed by atoms with Gasteiger partial charge in [-0.2, -0.15) is 0 Å². The van der Waals surface area contributed by atoms with Crippen molar-refractivity contribution in [3.63, 3.8) is 0 Å². The number of hydrogen-bond donors (Lipinski definition) is 2. The predicted molar refractivity (Wildman–Crippen MR) is 96.9 cm³/mol. The molecule has 20 heavy (non-hydrogen) atoms. The Bertz CT molecular complexity index is 453. The van der Waals surface area contributed by atoms with E-state index in [-0.39, 0.29) is 24.0 Å². The van der Waals surface area contributed by atoms with Crippen LogP contribution in [0.4, 0.5) is 0 Å². The molecule has 0 aliphatic heterocycles. The fourth-order valence-corrected chi connectivity index (χ4v) is 2.24. The maximum Gasteiger partial charge on any atom is 0.191 e. The van der Waals surface area contributed by atoms with Gasteiger partial charge in [-0.3, -0.25) is 4.99 Å². The van der Waals surface area contributed by atoms with E-state index in [1.54, 1.807) is 0 Å². The number of halogens is 1. The Labute approximate surface area is 139 Å². The molecule has 0 unspecified atom stereocenters. The van der Waals surface area contributed by atoms with Crippen LogP contribution in [-0.4, -0.2) is 19.6 Å². The van der Waals surface area contributed by atoms with Crippen molar-refractivity contribution in [2.75, 3.05) is 13.6 Å². The van der Waals surface area contributed by atoms with Gasteiger partial charge in [0.25, 0.3) is 0 Å².